The van der Waals surface area contributed by atoms with E-state index in [1.807, 2.05) is 12.1 Å². The van der Waals surface area contributed by atoms with E-state index >= 15 is 0 Å². The number of pyridine rings is 3. The van der Waals surface area contributed by atoms with Crippen molar-refractivity contribution in [2.75, 3.05) is 0 Å². The second-order valence-electron chi connectivity index (χ2n) is 6.82. The Labute approximate surface area is 166 Å². The van der Waals surface area contributed by atoms with Crippen LogP contribution in [0.1, 0.15) is 11.3 Å². The van der Waals surface area contributed by atoms with E-state index in [2.05, 4.69) is 9.97 Å². The number of ether oxygens (including phenoxy) is 1. The molecule has 4 aromatic rings. The van der Waals surface area contributed by atoms with Gasteiger partial charge in [0.1, 0.15) is 23.9 Å². The van der Waals surface area contributed by atoms with Crippen LogP contribution in [-0.4, -0.2) is 14.5 Å². The SMILES string of the molecule is Cc1c(F)cccc1-c1cc2c(n(-c3cccnc3)c1=O)COc1cccnc1-2. The van der Waals surface area contributed by atoms with Gasteiger partial charge in [0, 0.05) is 23.5 Å². The van der Waals surface area contributed by atoms with Crippen LogP contribution in [0, 0.1) is 12.7 Å². The molecule has 1 aliphatic heterocycles. The van der Waals surface area contributed by atoms with Crippen molar-refractivity contribution < 1.29 is 9.13 Å². The Kier molecular flexibility index (Phi) is 3.98. The first-order valence-electron chi connectivity index (χ1n) is 9.18. The molecule has 1 aliphatic rings. The minimum absolute atomic E-state index is 0.223. The normalized spacial score (nSPS) is 12.1. The zero-order chi connectivity index (χ0) is 20.0. The lowest BCUT2D eigenvalue weighted by Gasteiger charge is -2.24. The molecule has 5 nitrogen and oxygen atoms in total. The van der Waals surface area contributed by atoms with Gasteiger partial charge in [-0.1, -0.05) is 12.1 Å². The molecule has 0 N–H and O–H groups in total. The molecule has 1 aromatic carbocycles. The van der Waals surface area contributed by atoms with Crippen LogP contribution in [0.4, 0.5) is 4.39 Å². The van der Waals surface area contributed by atoms with Crippen LogP contribution in [0.15, 0.2) is 71.9 Å². The maximum Gasteiger partial charge on any atom is 0.263 e. The average molecular weight is 385 g/mol. The summed E-state index contributed by atoms with van der Waals surface area (Å²) in [6, 6.07) is 13.8. The predicted octanol–water partition coefficient (Wildman–Crippen LogP) is 4.30. The van der Waals surface area contributed by atoms with Gasteiger partial charge in [-0.25, -0.2) is 4.39 Å². The fourth-order valence-electron chi connectivity index (χ4n) is 3.71. The highest BCUT2D eigenvalue weighted by molar-refractivity contribution is 5.78. The van der Waals surface area contributed by atoms with Crippen molar-refractivity contribution in [3.05, 3.63) is 94.5 Å². The summed E-state index contributed by atoms with van der Waals surface area (Å²) in [6.07, 6.45) is 4.96. The lowest BCUT2D eigenvalue weighted by atomic mass is 9.96. The van der Waals surface area contributed by atoms with Crippen LogP contribution in [0.25, 0.3) is 28.1 Å². The third kappa shape index (κ3) is 2.72. The Morgan fingerprint density at radius 2 is 1.90 bits per heavy atom. The van der Waals surface area contributed by atoms with Gasteiger partial charge in [-0.15, -0.1) is 0 Å². The zero-order valence-electron chi connectivity index (χ0n) is 15.6. The largest absolute Gasteiger partial charge is 0.485 e. The van der Waals surface area contributed by atoms with Crippen molar-refractivity contribution in [1.82, 2.24) is 14.5 Å². The predicted molar refractivity (Wildman–Crippen MR) is 108 cm³/mol. The highest BCUT2D eigenvalue weighted by atomic mass is 19.1. The Hall–Kier alpha value is -3.80. The highest BCUT2D eigenvalue weighted by Gasteiger charge is 2.26. The van der Waals surface area contributed by atoms with E-state index in [1.165, 1.54) is 6.07 Å². The Morgan fingerprint density at radius 3 is 2.72 bits per heavy atom. The third-order valence-corrected chi connectivity index (χ3v) is 5.16. The average Bonchev–Trinajstić information content (AvgIpc) is 2.76. The lowest BCUT2D eigenvalue weighted by molar-refractivity contribution is 0.292. The summed E-state index contributed by atoms with van der Waals surface area (Å²) >= 11 is 0. The van der Waals surface area contributed by atoms with Gasteiger partial charge >= 0.3 is 0 Å². The van der Waals surface area contributed by atoms with Gasteiger partial charge in [0.05, 0.1) is 17.6 Å². The molecular weight excluding hydrogens is 369 g/mol. The maximum atomic E-state index is 14.2. The number of aromatic nitrogens is 3. The standard InChI is InChI=1S/C23H16FN3O2/c1-14-16(6-2-7-19(14)24)17-11-18-20(13-29-21-8-4-10-26-22(18)21)27(23(17)28)15-5-3-9-25-12-15/h2-12H,13H2,1H3. The summed E-state index contributed by atoms with van der Waals surface area (Å²) < 4.78 is 21.7. The van der Waals surface area contributed by atoms with Gasteiger partial charge in [0.2, 0.25) is 0 Å². The number of hydrogen-bond acceptors (Lipinski definition) is 4. The molecule has 0 aliphatic carbocycles. The van der Waals surface area contributed by atoms with E-state index in [4.69, 9.17) is 4.74 Å². The second kappa shape index (κ2) is 6.67. The molecule has 4 heterocycles. The van der Waals surface area contributed by atoms with Crippen molar-refractivity contribution in [2.24, 2.45) is 0 Å². The molecule has 0 saturated heterocycles. The zero-order valence-corrected chi connectivity index (χ0v) is 15.6. The molecule has 0 saturated carbocycles. The number of fused-ring (bicyclic) bond motifs is 3. The molecule has 5 rings (SSSR count). The van der Waals surface area contributed by atoms with Crippen LogP contribution in [-0.2, 0) is 6.61 Å². The van der Waals surface area contributed by atoms with Crippen molar-refractivity contribution in [3.63, 3.8) is 0 Å². The van der Waals surface area contributed by atoms with Gasteiger partial charge in [0.25, 0.3) is 5.56 Å². The molecule has 0 unspecified atom stereocenters. The van der Waals surface area contributed by atoms with E-state index in [9.17, 15) is 9.18 Å². The van der Waals surface area contributed by atoms with E-state index in [0.29, 0.717) is 39.5 Å². The van der Waals surface area contributed by atoms with Gasteiger partial charge in [0.15, 0.2) is 0 Å². The van der Waals surface area contributed by atoms with Gasteiger partial charge < -0.3 is 4.74 Å². The molecule has 6 heteroatoms. The summed E-state index contributed by atoms with van der Waals surface area (Å²) in [5.41, 5.74) is 3.88. The Bertz CT molecular complexity index is 1300. The molecule has 0 bridgehead atoms. The quantitative estimate of drug-likeness (QED) is 0.516. The lowest BCUT2D eigenvalue weighted by Crippen LogP contribution is -2.27. The Morgan fingerprint density at radius 1 is 1.03 bits per heavy atom. The van der Waals surface area contributed by atoms with Crippen LogP contribution in [0.5, 0.6) is 5.75 Å². The van der Waals surface area contributed by atoms with E-state index in [0.717, 1.165) is 5.56 Å². The van der Waals surface area contributed by atoms with Crippen molar-refractivity contribution >= 4 is 0 Å². The fraction of sp³-hybridized carbons (Fsp3) is 0.0870. The molecule has 29 heavy (non-hydrogen) atoms. The second-order valence-corrected chi connectivity index (χ2v) is 6.82. The van der Waals surface area contributed by atoms with Crippen molar-refractivity contribution in [2.45, 2.75) is 13.5 Å². The first-order chi connectivity index (χ1) is 14.1. The first-order valence-corrected chi connectivity index (χ1v) is 9.18. The minimum Gasteiger partial charge on any atom is -0.485 e. The molecule has 0 spiro atoms. The number of rotatable bonds is 2. The van der Waals surface area contributed by atoms with Crippen molar-refractivity contribution in [1.29, 1.82) is 0 Å². The smallest absolute Gasteiger partial charge is 0.263 e. The number of hydrogen-bond donors (Lipinski definition) is 0. The van der Waals surface area contributed by atoms with Crippen LogP contribution in [0.2, 0.25) is 0 Å². The minimum atomic E-state index is -0.352. The van der Waals surface area contributed by atoms with Gasteiger partial charge in [-0.3, -0.25) is 19.3 Å². The summed E-state index contributed by atoms with van der Waals surface area (Å²) in [7, 11) is 0. The number of halogens is 1. The van der Waals surface area contributed by atoms with E-state index < -0.39 is 0 Å². The molecule has 142 valence electrons. The molecule has 0 amide bonds. The van der Waals surface area contributed by atoms with Crippen LogP contribution in [0.3, 0.4) is 0 Å². The van der Waals surface area contributed by atoms with Crippen LogP contribution < -0.4 is 10.3 Å². The molecule has 0 atom stereocenters. The summed E-state index contributed by atoms with van der Waals surface area (Å²) in [5.74, 6) is 0.299. The first kappa shape index (κ1) is 17.3. The summed E-state index contributed by atoms with van der Waals surface area (Å²) in [5, 5.41) is 0. The molecular formula is C23H16FN3O2. The van der Waals surface area contributed by atoms with Gasteiger partial charge in [-0.2, -0.15) is 0 Å². The highest BCUT2D eigenvalue weighted by Crippen LogP contribution is 2.38. The topological polar surface area (TPSA) is 57.0 Å². The van der Waals surface area contributed by atoms with E-state index in [-0.39, 0.29) is 18.0 Å². The third-order valence-electron chi connectivity index (χ3n) is 5.16. The summed E-state index contributed by atoms with van der Waals surface area (Å²) in [6.45, 7) is 1.90. The maximum absolute atomic E-state index is 14.2. The van der Waals surface area contributed by atoms with Crippen molar-refractivity contribution in [3.8, 4) is 33.8 Å². The summed E-state index contributed by atoms with van der Waals surface area (Å²) in [4.78, 5) is 22.2. The molecule has 0 radical (unpaired) electrons. The number of nitrogens with zero attached hydrogens (tertiary/aromatic N) is 3. The monoisotopic (exact) mass is 385 g/mol. The Balaban J connectivity index is 1.90. The fourth-order valence-corrected chi connectivity index (χ4v) is 3.71. The molecule has 3 aromatic heterocycles. The van der Waals surface area contributed by atoms with Gasteiger partial charge in [-0.05, 0) is 54.4 Å². The van der Waals surface area contributed by atoms with Crippen LogP contribution >= 0.6 is 0 Å². The number of benzene rings is 1. The van der Waals surface area contributed by atoms with E-state index in [1.54, 1.807) is 60.4 Å². The molecule has 0 fully saturated rings.